The summed E-state index contributed by atoms with van der Waals surface area (Å²) in [7, 11) is 1.39. The lowest BCUT2D eigenvalue weighted by Crippen LogP contribution is -2.15. The smallest absolute Gasteiger partial charge is 0.311 e. The largest absolute Gasteiger partial charge is 0.490 e. The fourth-order valence-corrected chi connectivity index (χ4v) is 1.43. The van der Waals surface area contributed by atoms with E-state index in [1.807, 2.05) is 0 Å². The van der Waals surface area contributed by atoms with Gasteiger partial charge < -0.3 is 16.2 Å². The van der Waals surface area contributed by atoms with Crippen molar-refractivity contribution in [2.75, 3.05) is 13.7 Å². The molecule has 0 aromatic heterocycles. The summed E-state index contributed by atoms with van der Waals surface area (Å²) in [5, 5.41) is 10.8. The average molecular weight is 225 g/mol. The predicted octanol–water partition coefficient (Wildman–Crippen LogP) is 0.952. The molecule has 0 heterocycles. The summed E-state index contributed by atoms with van der Waals surface area (Å²) in [4.78, 5) is 10.3. The highest BCUT2D eigenvalue weighted by atomic mass is 16.6. The molecule has 88 valence electrons. The Bertz CT molecular complexity index is 382. The lowest BCUT2D eigenvalue weighted by atomic mass is 10.0. The number of nitro benzene ring substituents is 1. The van der Waals surface area contributed by atoms with Crippen LogP contribution in [0.25, 0.3) is 0 Å². The Kier molecular flexibility index (Phi) is 4.21. The third kappa shape index (κ3) is 2.68. The highest BCUT2D eigenvalue weighted by Crippen LogP contribution is 2.29. The van der Waals surface area contributed by atoms with Crippen LogP contribution in [-0.4, -0.2) is 18.6 Å². The second-order valence-corrected chi connectivity index (χ2v) is 3.37. The Morgan fingerprint density at radius 2 is 2.25 bits per heavy atom. The zero-order valence-corrected chi connectivity index (χ0v) is 9.05. The zero-order valence-electron chi connectivity index (χ0n) is 9.05. The van der Waals surface area contributed by atoms with E-state index in [0.29, 0.717) is 18.5 Å². The number of hydrogen-bond acceptors (Lipinski definition) is 5. The minimum Gasteiger partial charge on any atom is -0.490 e. The fourth-order valence-electron chi connectivity index (χ4n) is 1.43. The van der Waals surface area contributed by atoms with E-state index in [1.165, 1.54) is 13.2 Å². The number of nitrogens with two attached hydrogens (primary N) is 2. The molecule has 0 unspecified atom stereocenters. The van der Waals surface area contributed by atoms with Gasteiger partial charge in [0, 0.05) is 12.1 Å². The van der Waals surface area contributed by atoms with Crippen LogP contribution < -0.4 is 16.2 Å². The first-order valence-corrected chi connectivity index (χ1v) is 4.88. The third-order valence-electron chi connectivity index (χ3n) is 2.31. The van der Waals surface area contributed by atoms with Gasteiger partial charge in [-0.2, -0.15) is 0 Å². The van der Waals surface area contributed by atoms with Crippen molar-refractivity contribution >= 4 is 5.69 Å². The Labute approximate surface area is 93.3 Å². The molecule has 0 aliphatic carbocycles. The summed E-state index contributed by atoms with van der Waals surface area (Å²) < 4.78 is 4.89. The summed E-state index contributed by atoms with van der Waals surface area (Å²) in [6.07, 6.45) is 0.587. The molecule has 0 bridgehead atoms. The van der Waals surface area contributed by atoms with Gasteiger partial charge in [0.2, 0.25) is 0 Å². The van der Waals surface area contributed by atoms with E-state index in [-0.39, 0.29) is 17.5 Å². The molecule has 0 aliphatic heterocycles. The van der Waals surface area contributed by atoms with Gasteiger partial charge in [0.25, 0.3) is 0 Å². The van der Waals surface area contributed by atoms with Crippen molar-refractivity contribution in [1.82, 2.24) is 0 Å². The molecule has 0 radical (unpaired) electrons. The van der Waals surface area contributed by atoms with Gasteiger partial charge in [-0.15, -0.1) is 0 Å². The standard InChI is InChI=1S/C10H15N3O3/c1-16-10-3-2-7(8(12)4-5-11)6-9(10)13(14)15/h2-3,6,8H,4-5,11-12H2,1H3/t8-/m0/s1. The van der Waals surface area contributed by atoms with Gasteiger partial charge in [0.15, 0.2) is 5.75 Å². The van der Waals surface area contributed by atoms with Gasteiger partial charge in [-0.05, 0) is 24.6 Å². The first-order valence-electron chi connectivity index (χ1n) is 4.88. The average Bonchev–Trinajstić information content (AvgIpc) is 2.28. The zero-order chi connectivity index (χ0) is 12.1. The topological polar surface area (TPSA) is 104 Å². The molecule has 0 saturated heterocycles. The normalized spacial score (nSPS) is 12.2. The van der Waals surface area contributed by atoms with E-state index in [2.05, 4.69) is 0 Å². The first-order chi connectivity index (χ1) is 7.60. The minimum atomic E-state index is -0.489. The lowest BCUT2D eigenvalue weighted by molar-refractivity contribution is -0.385. The van der Waals surface area contributed by atoms with E-state index >= 15 is 0 Å². The van der Waals surface area contributed by atoms with Gasteiger partial charge in [0.05, 0.1) is 12.0 Å². The van der Waals surface area contributed by atoms with Crippen LogP contribution in [0.5, 0.6) is 5.75 Å². The highest BCUT2D eigenvalue weighted by Gasteiger charge is 2.17. The van der Waals surface area contributed by atoms with Crippen LogP contribution in [0.2, 0.25) is 0 Å². The molecule has 1 aromatic rings. The maximum atomic E-state index is 10.8. The SMILES string of the molecule is COc1ccc([C@@H](N)CCN)cc1[N+](=O)[O-]. The van der Waals surface area contributed by atoms with Gasteiger partial charge >= 0.3 is 5.69 Å². The van der Waals surface area contributed by atoms with E-state index in [4.69, 9.17) is 16.2 Å². The monoisotopic (exact) mass is 225 g/mol. The molecule has 1 rings (SSSR count). The quantitative estimate of drug-likeness (QED) is 0.573. The molecule has 4 N–H and O–H groups in total. The highest BCUT2D eigenvalue weighted by molar-refractivity contribution is 5.49. The number of hydrogen-bond donors (Lipinski definition) is 2. The molecule has 0 fully saturated rings. The van der Waals surface area contributed by atoms with E-state index < -0.39 is 4.92 Å². The molecular weight excluding hydrogens is 210 g/mol. The van der Waals surface area contributed by atoms with Crippen LogP contribution in [0, 0.1) is 10.1 Å². The van der Waals surface area contributed by atoms with Crippen molar-refractivity contribution in [3.63, 3.8) is 0 Å². The van der Waals surface area contributed by atoms with E-state index in [9.17, 15) is 10.1 Å². The Morgan fingerprint density at radius 3 is 2.75 bits per heavy atom. The summed E-state index contributed by atoms with van der Waals surface area (Å²) in [6.45, 7) is 0.445. The number of rotatable bonds is 5. The molecular formula is C10H15N3O3. The van der Waals surface area contributed by atoms with Crippen molar-refractivity contribution < 1.29 is 9.66 Å². The van der Waals surface area contributed by atoms with Gasteiger partial charge in [-0.25, -0.2) is 0 Å². The number of benzene rings is 1. The van der Waals surface area contributed by atoms with Gasteiger partial charge in [-0.3, -0.25) is 10.1 Å². The summed E-state index contributed by atoms with van der Waals surface area (Å²) >= 11 is 0. The maximum Gasteiger partial charge on any atom is 0.311 e. The fraction of sp³-hybridized carbons (Fsp3) is 0.400. The molecule has 6 nitrogen and oxygen atoms in total. The van der Waals surface area contributed by atoms with Crippen LogP contribution in [-0.2, 0) is 0 Å². The summed E-state index contributed by atoms with van der Waals surface area (Å²) in [5.41, 5.74) is 11.8. The first kappa shape index (κ1) is 12.4. The van der Waals surface area contributed by atoms with Crippen molar-refractivity contribution in [2.45, 2.75) is 12.5 Å². The van der Waals surface area contributed by atoms with Gasteiger partial charge in [0.1, 0.15) is 0 Å². The maximum absolute atomic E-state index is 10.8. The minimum absolute atomic E-state index is 0.0764. The van der Waals surface area contributed by atoms with Crippen molar-refractivity contribution in [3.05, 3.63) is 33.9 Å². The van der Waals surface area contributed by atoms with E-state index in [0.717, 1.165) is 0 Å². The van der Waals surface area contributed by atoms with Crippen LogP contribution >= 0.6 is 0 Å². The molecule has 6 heteroatoms. The van der Waals surface area contributed by atoms with Crippen LogP contribution in [0.15, 0.2) is 18.2 Å². The Hall–Kier alpha value is -1.66. The van der Waals surface area contributed by atoms with Crippen molar-refractivity contribution in [3.8, 4) is 5.75 Å². The van der Waals surface area contributed by atoms with Crippen LogP contribution in [0.4, 0.5) is 5.69 Å². The van der Waals surface area contributed by atoms with Crippen molar-refractivity contribution in [2.24, 2.45) is 11.5 Å². The second-order valence-electron chi connectivity index (χ2n) is 3.37. The summed E-state index contributed by atoms with van der Waals surface area (Å²) in [5.74, 6) is 0.230. The lowest BCUT2D eigenvalue weighted by Gasteiger charge is -2.11. The molecule has 1 aromatic carbocycles. The second kappa shape index (κ2) is 5.43. The Balaban J connectivity index is 3.06. The Morgan fingerprint density at radius 1 is 1.56 bits per heavy atom. The number of ether oxygens (including phenoxy) is 1. The van der Waals surface area contributed by atoms with Crippen LogP contribution in [0.1, 0.15) is 18.0 Å². The predicted molar refractivity (Wildman–Crippen MR) is 60.2 cm³/mol. The molecule has 1 atom stereocenters. The number of methoxy groups -OCH3 is 1. The van der Waals surface area contributed by atoms with Crippen molar-refractivity contribution in [1.29, 1.82) is 0 Å². The van der Waals surface area contributed by atoms with Gasteiger partial charge in [-0.1, -0.05) is 6.07 Å². The van der Waals surface area contributed by atoms with E-state index in [1.54, 1.807) is 12.1 Å². The molecule has 0 spiro atoms. The number of nitrogens with zero attached hydrogens (tertiary/aromatic N) is 1. The molecule has 0 amide bonds. The molecule has 0 saturated carbocycles. The molecule has 0 aliphatic rings. The van der Waals surface area contributed by atoms with Crippen LogP contribution in [0.3, 0.4) is 0 Å². The third-order valence-corrected chi connectivity index (χ3v) is 2.31. The molecule has 16 heavy (non-hydrogen) atoms. The summed E-state index contributed by atoms with van der Waals surface area (Å²) in [6, 6.07) is 4.41. The number of nitro groups is 1.